The number of alkyl halides is 2. The fourth-order valence-electron chi connectivity index (χ4n) is 4.47. The molecule has 2 aliphatic heterocycles. The van der Waals surface area contributed by atoms with Crippen molar-refractivity contribution in [3.63, 3.8) is 0 Å². The van der Waals surface area contributed by atoms with E-state index in [4.69, 9.17) is 25.8 Å². The molecule has 0 radical (unpaired) electrons. The number of nitrogens with one attached hydrogen (secondary N) is 1. The number of carbonyl (C=O) groups is 2. The minimum Gasteiger partial charge on any atom is -0.445 e. The molecule has 0 aromatic heterocycles. The van der Waals surface area contributed by atoms with Crippen LogP contribution in [-0.4, -0.2) is 63.9 Å². The predicted octanol–water partition coefficient (Wildman–Crippen LogP) is 2.69. The molecule has 2 N–H and O–H groups in total. The van der Waals surface area contributed by atoms with Crippen LogP contribution in [0.4, 0.5) is 4.79 Å². The highest BCUT2D eigenvalue weighted by Crippen LogP contribution is 2.58. The van der Waals surface area contributed by atoms with Crippen molar-refractivity contribution in [2.75, 3.05) is 12.5 Å². The Bertz CT molecular complexity index is 791. The summed E-state index contributed by atoms with van der Waals surface area (Å²) < 4.78 is 17.0. The van der Waals surface area contributed by atoms with Crippen LogP contribution in [0.2, 0.25) is 0 Å². The average molecular weight is 503 g/mol. The molecule has 1 spiro atoms. The number of aliphatic hydroxyl groups is 1. The first-order valence-electron chi connectivity index (χ1n) is 10.2. The summed E-state index contributed by atoms with van der Waals surface area (Å²) in [4.78, 5) is 22.7. The van der Waals surface area contributed by atoms with Gasteiger partial charge in [-0.05, 0) is 37.7 Å². The standard InChI is InChI=1S/C21H25BrClNO6/c22-17-14(30-19(26)24-16(25)11-23)9-10-20(12-28-20)21(17,27)18-15(29-18)8-4-7-13-5-2-1-3-6-13/h1-3,5-6,14-15,17-18,27H,4,7-12H2,(H,24,25,26)/t14-,15?,17-,18?,20-,21+/m0/s1. The smallest absolute Gasteiger partial charge is 0.414 e. The maximum atomic E-state index is 12.0. The minimum atomic E-state index is -1.32. The lowest BCUT2D eigenvalue weighted by Crippen LogP contribution is -2.64. The van der Waals surface area contributed by atoms with E-state index in [-0.39, 0.29) is 18.1 Å². The lowest BCUT2D eigenvalue weighted by Gasteiger charge is -2.44. The Labute approximate surface area is 188 Å². The first kappa shape index (κ1) is 22.0. The summed E-state index contributed by atoms with van der Waals surface area (Å²) in [5.74, 6) is -0.969. The summed E-state index contributed by atoms with van der Waals surface area (Å²) in [6.07, 6.45) is 1.83. The Balaban J connectivity index is 1.36. The van der Waals surface area contributed by atoms with Crippen LogP contribution in [0.5, 0.6) is 0 Å². The fourth-order valence-corrected chi connectivity index (χ4v) is 5.59. The lowest BCUT2D eigenvalue weighted by atomic mass is 9.71. The second kappa shape index (κ2) is 8.74. The molecular formula is C21H25BrClNO6. The monoisotopic (exact) mass is 501 g/mol. The fraction of sp³-hybridized carbons (Fsp3) is 0.619. The molecule has 4 rings (SSSR count). The third kappa shape index (κ3) is 4.25. The highest BCUT2D eigenvalue weighted by Gasteiger charge is 2.75. The zero-order chi connectivity index (χ0) is 21.4. The first-order valence-corrected chi connectivity index (χ1v) is 11.6. The van der Waals surface area contributed by atoms with Crippen molar-refractivity contribution in [1.82, 2.24) is 5.32 Å². The quantitative estimate of drug-likeness (QED) is 0.439. The molecular weight excluding hydrogens is 478 g/mol. The van der Waals surface area contributed by atoms with Gasteiger partial charge in [-0.15, -0.1) is 11.6 Å². The van der Waals surface area contributed by atoms with E-state index in [2.05, 4.69) is 33.4 Å². The number of amides is 2. The van der Waals surface area contributed by atoms with Crippen molar-refractivity contribution in [2.45, 2.75) is 66.4 Å². The predicted molar refractivity (Wildman–Crippen MR) is 113 cm³/mol. The van der Waals surface area contributed by atoms with Gasteiger partial charge in [0, 0.05) is 0 Å². The molecule has 9 heteroatoms. The number of epoxide rings is 2. The van der Waals surface area contributed by atoms with Gasteiger partial charge in [-0.25, -0.2) is 4.79 Å². The second-order valence-corrected chi connectivity index (χ2v) is 9.40. The molecule has 3 aliphatic rings. The molecule has 2 heterocycles. The van der Waals surface area contributed by atoms with Gasteiger partial charge in [0.25, 0.3) is 0 Å². The maximum absolute atomic E-state index is 12.0. The Hall–Kier alpha value is -1.19. The highest BCUT2D eigenvalue weighted by atomic mass is 79.9. The number of alkyl carbamates (subject to hydrolysis) is 1. The Morgan fingerprint density at radius 1 is 1.33 bits per heavy atom. The van der Waals surface area contributed by atoms with E-state index < -0.39 is 34.1 Å². The van der Waals surface area contributed by atoms with Crippen LogP contribution >= 0.6 is 27.5 Å². The molecule has 2 saturated heterocycles. The number of hydrogen-bond acceptors (Lipinski definition) is 6. The number of imide groups is 1. The summed E-state index contributed by atoms with van der Waals surface area (Å²) in [6.45, 7) is 0.450. The zero-order valence-electron chi connectivity index (χ0n) is 16.4. The third-order valence-corrected chi connectivity index (χ3v) is 7.77. The van der Waals surface area contributed by atoms with Crippen molar-refractivity contribution >= 4 is 39.5 Å². The molecule has 3 fully saturated rings. The number of benzene rings is 1. The van der Waals surface area contributed by atoms with E-state index in [0.717, 1.165) is 19.3 Å². The number of halogens is 2. The lowest BCUT2D eigenvalue weighted by molar-refractivity contribution is -0.119. The van der Waals surface area contributed by atoms with Crippen molar-refractivity contribution in [3.05, 3.63) is 35.9 Å². The van der Waals surface area contributed by atoms with E-state index in [9.17, 15) is 14.7 Å². The van der Waals surface area contributed by atoms with Gasteiger partial charge in [-0.3, -0.25) is 10.1 Å². The van der Waals surface area contributed by atoms with Gasteiger partial charge in [0.05, 0.1) is 17.5 Å². The number of rotatable bonds is 7. The van der Waals surface area contributed by atoms with Gasteiger partial charge in [0.15, 0.2) is 0 Å². The summed E-state index contributed by atoms with van der Waals surface area (Å²) in [6, 6.07) is 10.2. The summed E-state index contributed by atoms with van der Waals surface area (Å²) >= 11 is 8.95. The van der Waals surface area contributed by atoms with Crippen LogP contribution in [-0.2, 0) is 25.4 Å². The van der Waals surface area contributed by atoms with E-state index in [1.165, 1.54) is 5.56 Å². The van der Waals surface area contributed by atoms with Gasteiger partial charge in [-0.2, -0.15) is 0 Å². The minimum absolute atomic E-state index is 0.0646. The van der Waals surface area contributed by atoms with Crippen molar-refractivity contribution in [1.29, 1.82) is 0 Å². The average Bonchev–Trinajstić information content (AvgIpc) is 3.66. The summed E-state index contributed by atoms with van der Waals surface area (Å²) in [5, 5.41) is 13.7. The Morgan fingerprint density at radius 2 is 2.07 bits per heavy atom. The molecule has 2 amide bonds. The molecule has 30 heavy (non-hydrogen) atoms. The van der Waals surface area contributed by atoms with E-state index in [1.807, 2.05) is 18.2 Å². The van der Waals surface area contributed by atoms with Gasteiger partial charge in [0.2, 0.25) is 5.91 Å². The van der Waals surface area contributed by atoms with Crippen LogP contribution in [0.15, 0.2) is 30.3 Å². The van der Waals surface area contributed by atoms with E-state index >= 15 is 0 Å². The molecule has 6 atom stereocenters. The van der Waals surface area contributed by atoms with Crippen LogP contribution in [0.3, 0.4) is 0 Å². The summed E-state index contributed by atoms with van der Waals surface area (Å²) in [7, 11) is 0. The normalized spacial score (nSPS) is 36.9. The van der Waals surface area contributed by atoms with Crippen LogP contribution in [0.25, 0.3) is 0 Å². The number of aryl methyl sites for hydroxylation is 1. The molecule has 1 aliphatic carbocycles. The Morgan fingerprint density at radius 3 is 2.73 bits per heavy atom. The van der Waals surface area contributed by atoms with E-state index in [1.54, 1.807) is 0 Å². The van der Waals surface area contributed by atoms with E-state index in [0.29, 0.717) is 19.4 Å². The maximum Gasteiger partial charge on any atom is 0.414 e. The van der Waals surface area contributed by atoms with Gasteiger partial charge in [0.1, 0.15) is 29.3 Å². The number of carbonyl (C=O) groups excluding carboxylic acids is 2. The van der Waals surface area contributed by atoms with Gasteiger partial charge < -0.3 is 19.3 Å². The molecule has 1 aromatic carbocycles. The molecule has 1 aromatic rings. The molecule has 0 bridgehead atoms. The molecule has 7 nitrogen and oxygen atoms in total. The first-order chi connectivity index (χ1) is 14.4. The second-order valence-electron chi connectivity index (χ2n) is 8.15. The number of hydrogen-bond donors (Lipinski definition) is 2. The summed E-state index contributed by atoms with van der Waals surface area (Å²) in [5.41, 5.74) is -0.718. The van der Waals surface area contributed by atoms with Crippen LogP contribution in [0, 0.1) is 0 Å². The topological polar surface area (TPSA) is 101 Å². The highest BCUT2D eigenvalue weighted by molar-refractivity contribution is 9.09. The van der Waals surface area contributed by atoms with Gasteiger partial charge >= 0.3 is 6.09 Å². The molecule has 2 unspecified atom stereocenters. The Kier molecular flexibility index (Phi) is 6.42. The largest absolute Gasteiger partial charge is 0.445 e. The number of ether oxygens (including phenoxy) is 3. The van der Waals surface area contributed by atoms with Crippen LogP contribution in [0.1, 0.15) is 31.2 Å². The van der Waals surface area contributed by atoms with Crippen LogP contribution < -0.4 is 5.32 Å². The van der Waals surface area contributed by atoms with Crippen molar-refractivity contribution in [2.24, 2.45) is 0 Å². The van der Waals surface area contributed by atoms with Gasteiger partial charge in [-0.1, -0.05) is 46.3 Å². The van der Waals surface area contributed by atoms with Crippen molar-refractivity contribution in [3.8, 4) is 0 Å². The molecule has 1 saturated carbocycles. The molecule has 164 valence electrons. The zero-order valence-corrected chi connectivity index (χ0v) is 18.7. The SMILES string of the molecule is O=C(CCl)NC(=O)O[C@H]1CC[C@]2(CO2)[C@](O)(C2OC2CCCc2ccccc2)[C@H]1Br. The van der Waals surface area contributed by atoms with Crippen molar-refractivity contribution < 1.29 is 28.9 Å². The third-order valence-electron chi connectivity index (χ3n) is 6.24.